The van der Waals surface area contributed by atoms with Crippen molar-refractivity contribution in [1.82, 2.24) is 10.2 Å². The fourth-order valence-electron chi connectivity index (χ4n) is 2.57. The minimum absolute atomic E-state index is 0. The Balaban J connectivity index is 0.00000289. The van der Waals surface area contributed by atoms with Gasteiger partial charge in [0.05, 0.1) is 6.67 Å². The molecule has 0 bridgehead atoms. The van der Waals surface area contributed by atoms with Gasteiger partial charge in [0, 0.05) is 5.92 Å². The molecule has 1 amide bonds. The molecule has 1 aliphatic heterocycles. The predicted octanol–water partition coefficient (Wildman–Crippen LogP) is 3.04. The second kappa shape index (κ2) is 9.62. The third-order valence-corrected chi connectivity index (χ3v) is 4.03. The Hall–Kier alpha value is -0.280. The molecule has 2 unspecified atom stereocenters. The van der Waals surface area contributed by atoms with E-state index in [0.29, 0.717) is 5.92 Å². The lowest BCUT2D eigenvalue weighted by molar-refractivity contribution is -0.127. The molecule has 0 aromatic heterocycles. The van der Waals surface area contributed by atoms with Gasteiger partial charge in [-0.15, -0.1) is 12.4 Å². The van der Waals surface area contributed by atoms with Gasteiger partial charge in [-0.1, -0.05) is 33.6 Å². The number of halogens is 1. The van der Waals surface area contributed by atoms with Crippen LogP contribution in [0.5, 0.6) is 0 Å². The molecular weight excluding hydrogens is 248 g/mol. The van der Waals surface area contributed by atoms with Gasteiger partial charge in [0.15, 0.2) is 0 Å². The zero-order valence-corrected chi connectivity index (χ0v) is 12.9. The van der Waals surface area contributed by atoms with Crippen molar-refractivity contribution in [1.29, 1.82) is 0 Å². The lowest BCUT2D eigenvalue weighted by Crippen LogP contribution is -2.43. The summed E-state index contributed by atoms with van der Waals surface area (Å²) in [5, 5.41) is 3.11. The maximum atomic E-state index is 12.1. The highest BCUT2D eigenvalue weighted by Crippen LogP contribution is 2.18. The second-order valence-electron chi connectivity index (χ2n) is 5.28. The number of likely N-dealkylation sites (tertiary alicyclic amines) is 1. The Labute approximate surface area is 118 Å². The fourth-order valence-corrected chi connectivity index (χ4v) is 2.57. The Morgan fingerprint density at radius 2 is 1.78 bits per heavy atom. The van der Waals surface area contributed by atoms with E-state index in [0.717, 1.165) is 32.6 Å². The van der Waals surface area contributed by atoms with Crippen molar-refractivity contribution in [2.75, 3.05) is 19.8 Å². The van der Waals surface area contributed by atoms with Crippen LogP contribution in [0.3, 0.4) is 0 Å². The first-order valence-corrected chi connectivity index (χ1v) is 7.19. The van der Waals surface area contributed by atoms with E-state index in [2.05, 4.69) is 31.0 Å². The molecule has 1 N–H and O–H groups in total. The first-order valence-electron chi connectivity index (χ1n) is 7.19. The van der Waals surface area contributed by atoms with Gasteiger partial charge >= 0.3 is 0 Å². The van der Waals surface area contributed by atoms with Crippen LogP contribution in [0.25, 0.3) is 0 Å². The van der Waals surface area contributed by atoms with Crippen LogP contribution in [0.4, 0.5) is 0 Å². The molecule has 1 heterocycles. The van der Waals surface area contributed by atoms with Crippen LogP contribution in [-0.2, 0) is 4.79 Å². The number of nitrogens with one attached hydrogen (secondary N) is 1. The number of rotatable bonds is 6. The van der Waals surface area contributed by atoms with Gasteiger partial charge in [-0.3, -0.25) is 9.69 Å². The van der Waals surface area contributed by atoms with E-state index in [4.69, 9.17) is 0 Å². The topological polar surface area (TPSA) is 32.3 Å². The normalized spacial score (nSPS) is 19.7. The van der Waals surface area contributed by atoms with Crippen molar-refractivity contribution in [3.8, 4) is 0 Å². The minimum Gasteiger partial charge on any atom is -0.343 e. The molecule has 1 saturated heterocycles. The highest BCUT2D eigenvalue weighted by Gasteiger charge is 2.22. The van der Waals surface area contributed by atoms with E-state index in [1.54, 1.807) is 0 Å². The molecule has 18 heavy (non-hydrogen) atoms. The zero-order valence-electron chi connectivity index (χ0n) is 12.1. The van der Waals surface area contributed by atoms with Crippen LogP contribution in [0.15, 0.2) is 0 Å². The standard InChI is InChI=1S/C14H28N2O.ClH/c1-4-12(3)13(5-2)14(17)15-11-16-9-7-6-8-10-16;/h12-13H,4-11H2,1-3H3,(H,15,17);1H. The SMILES string of the molecule is CCC(C)C(CC)C(=O)NCN1CCCCC1.Cl. The summed E-state index contributed by atoms with van der Waals surface area (Å²) < 4.78 is 0. The largest absolute Gasteiger partial charge is 0.343 e. The molecule has 1 fully saturated rings. The molecule has 1 aliphatic rings. The van der Waals surface area contributed by atoms with Gasteiger partial charge in [-0.25, -0.2) is 0 Å². The van der Waals surface area contributed by atoms with Gasteiger partial charge in [0.25, 0.3) is 0 Å². The lowest BCUT2D eigenvalue weighted by Gasteiger charge is -2.28. The van der Waals surface area contributed by atoms with E-state index in [1.165, 1.54) is 19.3 Å². The van der Waals surface area contributed by atoms with Crippen molar-refractivity contribution in [2.24, 2.45) is 11.8 Å². The Kier molecular flexibility index (Phi) is 9.47. The Morgan fingerprint density at radius 3 is 2.28 bits per heavy atom. The molecule has 1 rings (SSSR count). The number of nitrogens with zero attached hydrogens (tertiary/aromatic N) is 1. The first-order chi connectivity index (χ1) is 8.19. The summed E-state index contributed by atoms with van der Waals surface area (Å²) in [6, 6.07) is 0. The van der Waals surface area contributed by atoms with Gasteiger partial charge in [-0.2, -0.15) is 0 Å². The maximum absolute atomic E-state index is 12.1. The highest BCUT2D eigenvalue weighted by molar-refractivity contribution is 5.85. The molecule has 3 nitrogen and oxygen atoms in total. The summed E-state index contributed by atoms with van der Waals surface area (Å²) in [5.74, 6) is 0.915. The van der Waals surface area contributed by atoms with Crippen LogP contribution in [0, 0.1) is 11.8 Å². The van der Waals surface area contributed by atoms with Crippen molar-refractivity contribution in [3.63, 3.8) is 0 Å². The summed E-state index contributed by atoms with van der Waals surface area (Å²) in [5.41, 5.74) is 0. The van der Waals surface area contributed by atoms with Gasteiger partial charge in [-0.05, 0) is 38.3 Å². The van der Waals surface area contributed by atoms with E-state index in [1.807, 2.05) is 0 Å². The number of carbonyl (C=O) groups excluding carboxylic acids is 1. The van der Waals surface area contributed by atoms with Crippen LogP contribution < -0.4 is 5.32 Å². The van der Waals surface area contributed by atoms with Crippen molar-refractivity contribution in [2.45, 2.75) is 52.9 Å². The monoisotopic (exact) mass is 276 g/mol. The number of carbonyl (C=O) groups is 1. The Morgan fingerprint density at radius 1 is 1.17 bits per heavy atom. The van der Waals surface area contributed by atoms with Crippen molar-refractivity contribution in [3.05, 3.63) is 0 Å². The van der Waals surface area contributed by atoms with Gasteiger partial charge in [0.1, 0.15) is 0 Å². The molecule has 0 aliphatic carbocycles. The zero-order chi connectivity index (χ0) is 12.7. The molecule has 0 spiro atoms. The van der Waals surface area contributed by atoms with E-state index < -0.39 is 0 Å². The van der Waals surface area contributed by atoms with E-state index in [-0.39, 0.29) is 24.2 Å². The molecule has 0 saturated carbocycles. The Bertz CT molecular complexity index is 230. The second-order valence-corrected chi connectivity index (χ2v) is 5.28. The average molecular weight is 277 g/mol. The van der Waals surface area contributed by atoms with Crippen LogP contribution in [0.2, 0.25) is 0 Å². The van der Waals surface area contributed by atoms with Gasteiger partial charge in [0.2, 0.25) is 5.91 Å². The van der Waals surface area contributed by atoms with Crippen LogP contribution in [0.1, 0.15) is 52.9 Å². The number of amides is 1. The van der Waals surface area contributed by atoms with Crippen molar-refractivity contribution < 1.29 is 4.79 Å². The van der Waals surface area contributed by atoms with Crippen LogP contribution in [-0.4, -0.2) is 30.6 Å². The average Bonchev–Trinajstić information content (AvgIpc) is 2.38. The number of hydrogen-bond acceptors (Lipinski definition) is 2. The highest BCUT2D eigenvalue weighted by atomic mass is 35.5. The summed E-state index contributed by atoms with van der Waals surface area (Å²) >= 11 is 0. The molecular formula is C14H29ClN2O. The maximum Gasteiger partial charge on any atom is 0.224 e. The molecule has 0 aromatic carbocycles. The predicted molar refractivity (Wildman–Crippen MR) is 78.9 cm³/mol. The third kappa shape index (κ3) is 5.57. The van der Waals surface area contributed by atoms with Crippen LogP contribution >= 0.6 is 12.4 Å². The summed E-state index contributed by atoms with van der Waals surface area (Å²) in [7, 11) is 0. The van der Waals surface area contributed by atoms with E-state index >= 15 is 0 Å². The minimum atomic E-state index is 0. The first kappa shape index (κ1) is 17.7. The smallest absolute Gasteiger partial charge is 0.224 e. The number of piperidine rings is 1. The summed E-state index contributed by atoms with van der Waals surface area (Å²) in [4.78, 5) is 14.4. The van der Waals surface area contributed by atoms with E-state index in [9.17, 15) is 4.79 Å². The molecule has 4 heteroatoms. The molecule has 0 aromatic rings. The molecule has 0 radical (unpaired) electrons. The molecule has 108 valence electrons. The summed E-state index contributed by atoms with van der Waals surface area (Å²) in [6.45, 7) is 9.46. The summed E-state index contributed by atoms with van der Waals surface area (Å²) in [6.07, 6.45) is 5.92. The number of hydrogen-bond donors (Lipinski definition) is 1. The third-order valence-electron chi connectivity index (χ3n) is 4.03. The molecule has 2 atom stereocenters. The van der Waals surface area contributed by atoms with Crippen molar-refractivity contribution >= 4 is 18.3 Å². The fraction of sp³-hybridized carbons (Fsp3) is 0.929. The quantitative estimate of drug-likeness (QED) is 0.809. The van der Waals surface area contributed by atoms with Gasteiger partial charge < -0.3 is 5.32 Å². The lowest BCUT2D eigenvalue weighted by atomic mass is 9.89.